The van der Waals surface area contributed by atoms with Crippen molar-refractivity contribution in [3.05, 3.63) is 41.7 Å². The highest BCUT2D eigenvalue weighted by Gasteiger charge is 2.16. The molecule has 7 nitrogen and oxygen atoms in total. The zero-order valence-electron chi connectivity index (χ0n) is 12.3. The Bertz CT molecular complexity index is 645. The van der Waals surface area contributed by atoms with Crippen molar-refractivity contribution in [2.45, 2.75) is 13.2 Å². The summed E-state index contributed by atoms with van der Waals surface area (Å²) < 4.78 is 17.8. The molecule has 2 aromatic rings. The Hall–Kier alpha value is -2.38. The van der Waals surface area contributed by atoms with Crippen molar-refractivity contribution in [2.75, 3.05) is 25.6 Å². The lowest BCUT2D eigenvalue weighted by Gasteiger charge is -2.10. The van der Waals surface area contributed by atoms with Gasteiger partial charge in [0, 0.05) is 0 Å². The molecule has 0 aliphatic carbocycles. The summed E-state index contributed by atoms with van der Waals surface area (Å²) >= 11 is 0. The summed E-state index contributed by atoms with van der Waals surface area (Å²) in [6.45, 7) is 3.51. The van der Waals surface area contributed by atoms with E-state index in [2.05, 4.69) is 10.1 Å². The molecule has 22 heavy (non-hydrogen) atoms. The molecule has 0 radical (unpaired) electrons. The van der Waals surface area contributed by atoms with Crippen molar-refractivity contribution < 1.29 is 14.2 Å². The molecule has 0 atom stereocenters. The zero-order valence-corrected chi connectivity index (χ0v) is 12.3. The molecule has 1 aliphatic heterocycles. The standard InChI is InChI=1S/C15H18N4O3/c1-11-9-19(15(16)18-11)17-8-12-2-4-13(5-3-12)22-10-14-20-6-7-21-14/h2-5,8-9,14H,6-7,10H2,1H3,(H2,16,18). The van der Waals surface area contributed by atoms with Crippen molar-refractivity contribution in [2.24, 2.45) is 5.10 Å². The maximum atomic E-state index is 5.72. The van der Waals surface area contributed by atoms with Gasteiger partial charge in [-0.2, -0.15) is 5.10 Å². The van der Waals surface area contributed by atoms with Crippen LogP contribution in [0.2, 0.25) is 0 Å². The van der Waals surface area contributed by atoms with Gasteiger partial charge in [-0.15, -0.1) is 0 Å². The largest absolute Gasteiger partial charge is 0.488 e. The Balaban J connectivity index is 1.57. The van der Waals surface area contributed by atoms with Gasteiger partial charge < -0.3 is 19.9 Å². The van der Waals surface area contributed by atoms with Crippen LogP contribution < -0.4 is 10.5 Å². The normalized spacial score (nSPS) is 15.7. The van der Waals surface area contributed by atoms with Gasteiger partial charge in [0.1, 0.15) is 12.4 Å². The van der Waals surface area contributed by atoms with E-state index in [1.165, 1.54) is 4.68 Å². The van der Waals surface area contributed by atoms with Crippen LogP contribution in [0.15, 0.2) is 35.6 Å². The van der Waals surface area contributed by atoms with Gasteiger partial charge in [0.05, 0.1) is 31.3 Å². The maximum absolute atomic E-state index is 5.72. The van der Waals surface area contributed by atoms with Crippen LogP contribution in [-0.2, 0) is 9.47 Å². The molecule has 1 saturated heterocycles. The van der Waals surface area contributed by atoms with E-state index in [-0.39, 0.29) is 6.29 Å². The number of rotatable bonds is 5. The summed E-state index contributed by atoms with van der Waals surface area (Å²) in [5, 5.41) is 4.26. The summed E-state index contributed by atoms with van der Waals surface area (Å²) in [5.74, 6) is 1.12. The Labute approximate surface area is 128 Å². The van der Waals surface area contributed by atoms with Crippen LogP contribution in [0.1, 0.15) is 11.3 Å². The topological polar surface area (TPSA) is 83.9 Å². The van der Waals surface area contributed by atoms with Crippen LogP contribution in [0.25, 0.3) is 0 Å². The van der Waals surface area contributed by atoms with E-state index in [0.717, 1.165) is 17.0 Å². The predicted octanol–water partition coefficient (Wildman–Crippen LogP) is 1.41. The van der Waals surface area contributed by atoms with Gasteiger partial charge in [-0.05, 0) is 36.8 Å². The molecule has 2 heterocycles. The smallest absolute Gasteiger partial charge is 0.221 e. The van der Waals surface area contributed by atoms with Crippen LogP contribution in [0.4, 0.5) is 5.95 Å². The van der Waals surface area contributed by atoms with Crippen LogP contribution in [0.3, 0.4) is 0 Å². The second-order valence-corrected chi connectivity index (χ2v) is 4.88. The summed E-state index contributed by atoms with van der Waals surface area (Å²) in [7, 11) is 0. The molecule has 0 saturated carbocycles. The number of nitrogens with two attached hydrogens (primary N) is 1. The minimum absolute atomic E-state index is 0.270. The molecule has 3 rings (SSSR count). The summed E-state index contributed by atoms with van der Waals surface area (Å²) in [6, 6.07) is 7.57. The van der Waals surface area contributed by atoms with Gasteiger partial charge in [0.25, 0.3) is 0 Å². The van der Waals surface area contributed by atoms with Gasteiger partial charge in [-0.1, -0.05) is 0 Å². The monoisotopic (exact) mass is 302 g/mol. The lowest BCUT2D eigenvalue weighted by Crippen LogP contribution is -2.18. The van der Waals surface area contributed by atoms with Gasteiger partial charge in [-0.25, -0.2) is 9.66 Å². The molecule has 1 aliphatic rings. The van der Waals surface area contributed by atoms with Crippen molar-refractivity contribution in [3.63, 3.8) is 0 Å². The lowest BCUT2D eigenvalue weighted by molar-refractivity contribution is -0.0684. The molecule has 2 N–H and O–H groups in total. The van der Waals surface area contributed by atoms with Crippen LogP contribution in [0.5, 0.6) is 5.75 Å². The molecule has 7 heteroatoms. The van der Waals surface area contributed by atoms with Crippen LogP contribution in [0, 0.1) is 6.92 Å². The second-order valence-electron chi connectivity index (χ2n) is 4.88. The summed E-state index contributed by atoms with van der Waals surface area (Å²) in [6.07, 6.45) is 3.21. The third kappa shape index (κ3) is 3.63. The van der Waals surface area contributed by atoms with Gasteiger partial charge in [0.15, 0.2) is 6.29 Å². The van der Waals surface area contributed by atoms with Crippen LogP contribution >= 0.6 is 0 Å². The lowest BCUT2D eigenvalue weighted by atomic mass is 10.2. The zero-order chi connectivity index (χ0) is 15.4. The van der Waals surface area contributed by atoms with E-state index in [1.54, 1.807) is 12.4 Å². The van der Waals surface area contributed by atoms with E-state index in [9.17, 15) is 0 Å². The first-order valence-corrected chi connectivity index (χ1v) is 7.02. The third-order valence-electron chi connectivity index (χ3n) is 3.12. The summed E-state index contributed by atoms with van der Waals surface area (Å²) in [4.78, 5) is 4.08. The quantitative estimate of drug-likeness (QED) is 0.844. The molecule has 0 amide bonds. The molecule has 0 bridgehead atoms. The molecular weight excluding hydrogens is 284 g/mol. The first-order chi connectivity index (χ1) is 10.7. The second kappa shape index (κ2) is 6.59. The number of nitrogens with zero attached hydrogens (tertiary/aromatic N) is 3. The fourth-order valence-corrected chi connectivity index (χ4v) is 2.04. The SMILES string of the molecule is Cc1cn(N=Cc2ccc(OCC3OCCO3)cc2)c(N)n1. The van der Waals surface area contributed by atoms with Gasteiger partial charge >= 0.3 is 0 Å². The van der Waals surface area contributed by atoms with Crippen molar-refractivity contribution >= 4 is 12.2 Å². The minimum Gasteiger partial charge on any atom is -0.488 e. The highest BCUT2D eigenvalue weighted by Crippen LogP contribution is 2.13. The van der Waals surface area contributed by atoms with E-state index in [0.29, 0.717) is 25.8 Å². The van der Waals surface area contributed by atoms with Gasteiger partial charge in [0.2, 0.25) is 5.95 Å². The predicted molar refractivity (Wildman–Crippen MR) is 82.0 cm³/mol. The highest BCUT2D eigenvalue weighted by atomic mass is 16.7. The average Bonchev–Trinajstić information content (AvgIpc) is 3.14. The number of benzene rings is 1. The molecule has 1 aromatic carbocycles. The fraction of sp³-hybridized carbons (Fsp3) is 0.333. The number of hydrogen-bond donors (Lipinski definition) is 1. The Morgan fingerprint density at radius 2 is 2.09 bits per heavy atom. The number of aromatic nitrogens is 2. The van der Waals surface area contributed by atoms with E-state index >= 15 is 0 Å². The summed E-state index contributed by atoms with van der Waals surface area (Å²) in [5.41, 5.74) is 7.49. The molecular formula is C15H18N4O3. The highest BCUT2D eigenvalue weighted by molar-refractivity contribution is 5.79. The number of imidazole rings is 1. The van der Waals surface area contributed by atoms with E-state index in [4.69, 9.17) is 19.9 Å². The number of aryl methyl sites for hydroxylation is 1. The van der Waals surface area contributed by atoms with Gasteiger partial charge in [-0.3, -0.25) is 0 Å². The number of nitrogen functional groups attached to an aromatic ring is 1. The Morgan fingerprint density at radius 3 is 2.73 bits per heavy atom. The molecule has 0 spiro atoms. The molecule has 116 valence electrons. The number of hydrogen-bond acceptors (Lipinski definition) is 6. The maximum Gasteiger partial charge on any atom is 0.221 e. The third-order valence-corrected chi connectivity index (χ3v) is 3.12. The minimum atomic E-state index is -0.270. The molecule has 0 unspecified atom stereocenters. The number of ether oxygens (including phenoxy) is 3. The van der Waals surface area contributed by atoms with E-state index in [1.807, 2.05) is 31.2 Å². The van der Waals surface area contributed by atoms with Crippen LogP contribution in [-0.4, -0.2) is 42.0 Å². The first kappa shape index (κ1) is 14.6. The molecule has 1 aromatic heterocycles. The first-order valence-electron chi connectivity index (χ1n) is 7.02. The van der Waals surface area contributed by atoms with Crippen molar-refractivity contribution in [1.29, 1.82) is 0 Å². The average molecular weight is 302 g/mol. The Morgan fingerprint density at radius 1 is 1.36 bits per heavy atom. The number of anilines is 1. The molecule has 1 fully saturated rings. The van der Waals surface area contributed by atoms with E-state index < -0.39 is 0 Å². The van der Waals surface area contributed by atoms with Crippen molar-refractivity contribution in [1.82, 2.24) is 9.66 Å². The van der Waals surface area contributed by atoms with Crippen molar-refractivity contribution in [3.8, 4) is 5.75 Å². The fourth-order valence-electron chi connectivity index (χ4n) is 2.04. The Kier molecular flexibility index (Phi) is 4.36.